The Balaban J connectivity index is 1.34. The first-order valence-corrected chi connectivity index (χ1v) is 9.74. The molecule has 3 heterocycles. The van der Waals surface area contributed by atoms with Crippen molar-refractivity contribution in [2.75, 3.05) is 19.6 Å². The van der Waals surface area contributed by atoms with E-state index in [2.05, 4.69) is 9.97 Å². The summed E-state index contributed by atoms with van der Waals surface area (Å²) >= 11 is 0. The summed E-state index contributed by atoms with van der Waals surface area (Å²) in [7, 11) is 0. The maximum absolute atomic E-state index is 12.9. The van der Waals surface area contributed by atoms with Crippen LogP contribution in [0.3, 0.4) is 0 Å². The normalized spacial score (nSPS) is 25.2. The lowest BCUT2D eigenvalue weighted by Crippen LogP contribution is -2.42. The third kappa shape index (κ3) is 3.39. The van der Waals surface area contributed by atoms with Crippen LogP contribution in [-0.2, 0) is 9.59 Å². The van der Waals surface area contributed by atoms with Crippen LogP contribution < -0.4 is 5.56 Å². The molecule has 1 atom stereocenters. The molecule has 4 rings (SSSR count). The third-order valence-electron chi connectivity index (χ3n) is 6.20. The fraction of sp³-hybridized carbons (Fsp3) is 0.684. The fourth-order valence-electron chi connectivity index (χ4n) is 4.73. The summed E-state index contributed by atoms with van der Waals surface area (Å²) in [5, 5.41) is 0. The van der Waals surface area contributed by atoms with Crippen LogP contribution in [0.15, 0.2) is 17.2 Å². The van der Waals surface area contributed by atoms with E-state index in [-0.39, 0.29) is 29.2 Å². The molecule has 2 amide bonds. The Hall–Kier alpha value is -2.18. The number of rotatable bonds is 3. The molecule has 7 heteroatoms. The number of aromatic nitrogens is 2. The zero-order valence-corrected chi connectivity index (χ0v) is 15.0. The largest absolute Gasteiger partial charge is 0.342 e. The van der Waals surface area contributed by atoms with E-state index in [1.807, 2.05) is 9.80 Å². The molecule has 3 fully saturated rings. The monoisotopic (exact) mass is 358 g/mol. The van der Waals surface area contributed by atoms with Crippen LogP contribution in [0.1, 0.15) is 56.6 Å². The van der Waals surface area contributed by atoms with Crippen molar-refractivity contribution in [1.82, 2.24) is 19.8 Å². The Morgan fingerprint density at radius 3 is 2.54 bits per heavy atom. The average molecular weight is 358 g/mol. The minimum absolute atomic E-state index is 0.121. The average Bonchev–Trinajstić information content (AvgIpc) is 3.31. The highest BCUT2D eigenvalue weighted by molar-refractivity contribution is 5.89. The van der Waals surface area contributed by atoms with E-state index in [1.165, 1.54) is 19.2 Å². The van der Waals surface area contributed by atoms with E-state index in [0.29, 0.717) is 32.1 Å². The summed E-state index contributed by atoms with van der Waals surface area (Å²) in [6.45, 7) is 1.94. The van der Waals surface area contributed by atoms with Gasteiger partial charge in [-0.25, -0.2) is 4.98 Å². The minimum Gasteiger partial charge on any atom is -0.342 e. The molecule has 2 aliphatic heterocycles. The molecule has 7 nitrogen and oxygen atoms in total. The molecule has 1 saturated carbocycles. The first-order valence-electron chi connectivity index (χ1n) is 9.74. The molecule has 26 heavy (non-hydrogen) atoms. The number of hydrogen-bond acceptors (Lipinski definition) is 4. The third-order valence-corrected chi connectivity index (χ3v) is 6.20. The van der Waals surface area contributed by atoms with Gasteiger partial charge in [0.25, 0.3) is 5.56 Å². The summed E-state index contributed by atoms with van der Waals surface area (Å²) in [5.74, 6) is 0.313. The highest BCUT2D eigenvalue weighted by atomic mass is 16.2. The van der Waals surface area contributed by atoms with E-state index in [9.17, 15) is 14.4 Å². The smallest absolute Gasteiger partial charge is 0.250 e. The highest BCUT2D eigenvalue weighted by Gasteiger charge is 2.40. The van der Waals surface area contributed by atoms with Gasteiger partial charge < -0.3 is 14.8 Å². The molecule has 0 spiro atoms. The van der Waals surface area contributed by atoms with Gasteiger partial charge in [0.15, 0.2) is 0 Å². The number of carbonyl (C=O) groups is 2. The van der Waals surface area contributed by atoms with Gasteiger partial charge in [-0.3, -0.25) is 14.4 Å². The number of amides is 2. The van der Waals surface area contributed by atoms with Crippen LogP contribution in [0.25, 0.3) is 0 Å². The van der Waals surface area contributed by atoms with E-state index in [4.69, 9.17) is 0 Å². The Morgan fingerprint density at radius 1 is 1.12 bits per heavy atom. The maximum atomic E-state index is 12.9. The summed E-state index contributed by atoms with van der Waals surface area (Å²) in [5.41, 5.74) is 0.675. The van der Waals surface area contributed by atoms with Gasteiger partial charge in [0, 0.05) is 44.1 Å². The van der Waals surface area contributed by atoms with Crippen molar-refractivity contribution in [3.63, 3.8) is 0 Å². The first-order chi connectivity index (χ1) is 12.6. The van der Waals surface area contributed by atoms with Crippen LogP contribution in [0, 0.1) is 5.92 Å². The van der Waals surface area contributed by atoms with Gasteiger partial charge in [0.1, 0.15) is 0 Å². The van der Waals surface area contributed by atoms with Crippen LogP contribution in [0.2, 0.25) is 0 Å². The number of likely N-dealkylation sites (tertiary alicyclic amines) is 2. The molecule has 1 aliphatic carbocycles. The summed E-state index contributed by atoms with van der Waals surface area (Å²) in [4.78, 5) is 47.3. The topological polar surface area (TPSA) is 86.4 Å². The molecular formula is C19H26N4O3. The van der Waals surface area contributed by atoms with Crippen molar-refractivity contribution in [3.8, 4) is 0 Å². The second kappa shape index (κ2) is 7.21. The number of nitrogens with one attached hydrogen (secondary N) is 1. The molecule has 0 radical (unpaired) electrons. The number of hydrogen-bond donors (Lipinski definition) is 1. The second-order valence-electron chi connectivity index (χ2n) is 7.82. The quantitative estimate of drug-likeness (QED) is 0.881. The molecule has 1 aromatic rings. The van der Waals surface area contributed by atoms with Crippen molar-refractivity contribution >= 4 is 11.8 Å². The van der Waals surface area contributed by atoms with Crippen molar-refractivity contribution in [1.29, 1.82) is 0 Å². The van der Waals surface area contributed by atoms with E-state index in [1.54, 1.807) is 6.07 Å². The lowest BCUT2D eigenvalue weighted by atomic mass is 9.92. The van der Waals surface area contributed by atoms with Gasteiger partial charge in [0.2, 0.25) is 11.8 Å². The van der Waals surface area contributed by atoms with Gasteiger partial charge in [-0.2, -0.15) is 0 Å². The Bertz CT molecular complexity index is 732. The van der Waals surface area contributed by atoms with Crippen LogP contribution in [0.4, 0.5) is 0 Å². The molecule has 1 aromatic heterocycles. The molecule has 1 N–H and O–H groups in total. The second-order valence-corrected chi connectivity index (χ2v) is 7.82. The van der Waals surface area contributed by atoms with Gasteiger partial charge in [-0.1, -0.05) is 12.8 Å². The number of H-pyrrole nitrogens is 1. The van der Waals surface area contributed by atoms with Crippen LogP contribution in [-0.4, -0.2) is 57.3 Å². The molecule has 3 aliphatic rings. The van der Waals surface area contributed by atoms with Gasteiger partial charge in [-0.15, -0.1) is 0 Å². The molecule has 140 valence electrons. The number of nitrogens with zero attached hydrogens (tertiary/aromatic N) is 3. The number of carbonyl (C=O) groups excluding carboxylic acids is 2. The van der Waals surface area contributed by atoms with Crippen molar-refractivity contribution in [3.05, 3.63) is 28.4 Å². The Kier molecular flexibility index (Phi) is 4.78. The minimum atomic E-state index is -0.183. The lowest BCUT2D eigenvalue weighted by molar-refractivity contribution is -0.136. The van der Waals surface area contributed by atoms with E-state index in [0.717, 1.165) is 31.4 Å². The Morgan fingerprint density at radius 2 is 1.85 bits per heavy atom. The van der Waals surface area contributed by atoms with Crippen molar-refractivity contribution in [2.24, 2.45) is 5.92 Å². The zero-order chi connectivity index (χ0) is 18.1. The highest BCUT2D eigenvalue weighted by Crippen LogP contribution is 2.32. The lowest BCUT2D eigenvalue weighted by Gasteiger charge is -2.33. The predicted octanol–water partition coefficient (Wildman–Crippen LogP) is 1.27. The molecule has 2 saturated heterocycles. The van der Waals surface area contributed by atoms with E-state index >= 15 is 0 Å². The molecule has 0 aromatic carbocycles. The predicted molar refractivity (Wildman–Crippen MR) is 95.5 cm³/mol. The van der Waals surface area contributed by atoms with Crippen molar-refractivity contribution < 1.29 is 9.59 Å². The summed E-state index contributed by atoms with van der Waals surface area (Å²) < 4.78 is 0. The van der Waals surface area contributed by atoms with Crippen LogP contribution >= 0.6 is 0 Å². The van der Waals surface area contributed by atoms with Gasteiger partial charge >= 0.3 is 0 Å². The SMILES string of the molecule is O=C([C@@H]1CC(=O)N(C2CCCC2)C1)N1CCC(c2cc(=O)[nH]cn2)CC1. The first kappa shape index (κ1) is 17.2. The standard InChI is InChI=1S/C19H26N4O3/c24-17-10-16(20-12-21-17)13-5-7-22(8-6-13)19(26)14-9-18(25)23(11-14)15-3-1-2-4-15/h10,12-15H,1-9,11H2,(H,20,21,24)/t14-/m1/s1. The van der Waals surface area contributed by atoms with Gasteiger partial charge in [0.05, 0.1) is 17.9 Å². The van der Waals surface area contributed by atoms with E-state index < -0.39 is 0 Å². The number of aromatic amines is 1. The molecule has 0 bridgehead atoms. The molecule has 0 unspecified atom stereocenters. The zero-order valence-electron chi connectivity index (χ0n) is 15.0. The summed E-state index contributed by atoms with van der Waals surface area (Å²) in [6, 6.07) is 1.91. The summed E-state index contributed by atoms with van der Waals surface area (Å²) in [6.07, 6.45) is 7.99. The number of piperidine rings is 1. The molecular weight excluding hydrogens is 332 g/mol. The maximum Gasteiger partial charge on any atom is 0.250 e. The van der Waals surface area contributed by atoms with Crippen molar-refractivity contribution in [2.45, 2.75) is 56.9 Å². The van der Waals surface area contributed by atoms with Crippen LogP contribution in [0.5, 0.6) is 0 Å². The van der Waals surface area contributed by atoms with Gasteiger partial charge in [-0.05, 0) is 25.7 Å². The fourth-order valence-corrected chi connectivity index (χ4v) is 4.73. The Labute approximate surface area is 152 Å².